The average Bonchev–Trinajstić information content (AvgIpc) is 3.39. The molecular weight excluding hydrogens is 630 g/mol. The second kappa shape index (κ2) is 13.7. The van der Waals surface area contributed by atoms with Gasteiger partial charge in [-0.1, -0.05) is 0 Å². The first kappa shape index (κ1) is 33.8. The van der Waals surface area contributed by atoms with Crippen molar-refractivity contribution in [3.8, 4) is 57.9 Å². The molecule has 0 aliphatic carbocycles. The lowest BCUT2D eigenvalue weighted by atomic mass is 10.0. The highest BCUT2D eigenvalue weighted by atomic mass is 19.4. The number of imidazole rings is 1. The lowest BCUT2D eigenvalue weighted by Gasteiger charge is -2.09. The van der Waals surface area contributed by atoms with E-state index in [9.17, 15) is 36.9 Å². The minimum atomic E-state index is -5.08. The molecule has 4 heterocycles. The molecule has 0 amide bonds. The second-order valence-electron chi connectivity index (χ2n) is 8.42. The summed E-state index contributed by atoms with van der Waals surface area (Å²) in [5.74, 6) is -4.25. The standard InChI is InChI=1S/C23H12N8O.2C2HF3O2/c24-4-7-32-15-8-13(10-25)19(14(9-15)11-26)23-30-20-16-3-6-27-12-18(16)29-22-17(21(20)31-23)2-1-5-28-22;2*3-2(4,5)1(6)7/h1-3,5-6,8-9,12H,7H2,(H,28,29)(H,30,31);2*(H,6,7). The first-order chi connectivity index (χ1) is 21.6. The molecule has 0 atom stereocenters. The predicted molar refractivity (Wildman–Crippen MR) is 142 cm³/mol. The van der Waals surface area contributed by atoms with Gasteiger partial charge in [0.15, 0.2) is 6.61 Å². The monoisotopic (exact) mass is 644 g/mol. The number of H-pyrrole nitrogens is 1. The number of carboxylic acids is 2. The van der Waals surface area contributed by atoms with Crippen LogP contribution in [0.3, 0.4) is 0 Å². The van der Waals surface area contributed by atoms with Crippen LogP contribution in [0.25, 0.3) is 33.9 Å². The molecule has 0 spiro atoms. The van der Waals surface area contributed by atoms with Crippen molar-refractivity contribution in [3.05, 3.63) is 60.0 Å². The predicted octanol–water partition coefficient (Wildman–Crippen LogP) is 5.17. The maximum absolute atomic E-state index is 10.6. The summed E-state index contributed by atoms with van der Waals surface area (Å²) in [6, 6.07) is 14.6. The molecular formula is C27H14F6N8O5. The maximum Gasteiger partial charge on any atom is 0.490 e. The molecule has 13 nitrogen and oxygen atoms in total. The highest BCUT2D eigenvalue weighted by Gasteiger charge is 2.39. The number of anilines is 2. The van der Waals surface area contributed by atoms with Gasteiger partial charge in [0.2, 0.25) is 0 Å². The minimum absolute atomic E-state index is 0.189. The third kappa shape index (κ3) is 7.82. The molecule has 3 aromatic heterocycles. The molecule has 234 valence electrons. The molecule has 4 aromatic rings. The van der Waals surface area contributed by atoms with Crippen LogP contribution in [0.5, 0.6) is 5.75 Å². The number of aromatic amines is 1. The first-order valence-corrected chi connectivity index (χ1v) is 12.0. The molecule has 0 bridgehead atoms. The Bertz CT molecular complexity index is 1800. The average molecular weight is 644 g/mol. The Morgan fingerprint density at radius 2 is 1.50 bits per heavy atom. The number of hydrogen-bond acceptors (Lipinski definition) is 10. The van der Waals surface area contributed by atoms with Crippen LogP contribution in [0.15, 0.2) is 48.9 Å². The van der Waals surface area contributed by atoms with Gasteiger partial charge in [0, 0.05) is 23.5 Å². The lowest BCUT2D eigenvalue weighted by molar-refractivity contribution is -0.193. The molecule has 19 heteroatoms. The topological polar surface area (TPSA) is 222 Å². The Balaban J connectivity index is 0.000000345. The summed E-state index contributed by atoms with van der Waals surface area (Å²) in [7, 11) is 0. The summed E-state index contributed by atoms with van der Waals surface area (Å²) in [6.07, 6.45) is -5.11. The second-order valence-corrected chi connectivity index (χ2v) is 8.42. The van der Waals surface area contributed by atoms with Crippen LogP contribution >= 0.6 is 0 Å². The fourth-order valence-corrected chi connectivity index (χ4v) is 3.66. The summed E-state index contributed by atoms with van der Waals surface area (Å²) < 4.78 is 68.8. The van der Waals surface area contributed by atoms with Crippen LogP contribution in [-0.2, 0) is 9.59 Å². The summed E-state index contributed by atoms with van der Waals surface area (Å²) >= 11 is 0. The molecule has 46 heavy (non-hydrogen) atoms. The minimum Gasteiger partial charge on any atom is -0.479 e. The van der Waals surface area contributed by atoms with Crippen molar-refractivity contribution in [2.45, 2.75) is 12.4 Å². The van der Waals surface area contributed by atoms with E-state index in [2.05, 4.69) is 32.4 Å². The first-order valence-electron chi connectivity index (χ1n) is 12.0. The molecule has 4 N–H and O–H groups in total. The van der Waals surface area contributed by atoms with E-state index in [0.717, 1.165) is 16.8 Å². The van der Waals surface area contributed by atoms with E-state index < -0.39 is 24.3 Å². The van der Waals surface area contributed by atoms with Crippen LogP contribution < -0.4 is 10.1 Å². The molecule has 0 fully saturated rings. The normalized spacial score (nSPS) is 10.9. The van der Waals surface area contributed by atoms with Gasteiger partial charge in [-0.25, -0.2) is 19.6 Å². The largest absolute Gasteiger partial charge is 0.490 e. The van der Waals surface area contributed by atoms with Gasteiger partial charge in [-0.2, -0.15) is 42.1 Å². The number of nitrogens with one attached hydrogen (secondary N) is 2. The van der Waals surface area contributed by atoms with E-state index in [0.29, 0.717) is 28.6 Å². The zero-order valence-corrected chi connectivity index (χ0v) is 22.4. The van der Waals surface area contributed by atoms with Gasteiger partial charge < -0.3 is 25.3 Å². The van der Waals surface area contributed by atoms with Crippen LogP contribution in [0, 0.1) is 34.0 Å². The van der Waals surface area contributed by atoms with Gasteiger partial charge >= 0.3 is 24.3 Å². The highest BCUT2D eigenvalue weighted by Crippen LogP contribution is 2.43. The smallest absolute Gasteiger partial charge is 0.479 e. The van der Waals surface area contributed by atoms with Gasteiger partial charge in [-0.05, 0) is 30.3 Å². The molecule has 0 radical (unpaired) electrons. The zero-order chi connectivity index (χ0) is 34.2. The van der Waals surface area contributed by atoms with Gasteiger partial charge in [-0.15, -0.1) is 0 Å². The van der Waals surface area contributed by atoms with E-state index in [-0.39, 0.29) is 23.5 Å². The number of pyridine rings is 2. The number of benzene rings is 1. The lowest BCUT2D eigenvalue weighted by Crippen LogP contribution is -2.21. The van der Waals surface area contributed by atoms with E-state index in [1.165, 1.54) is 12.1 Å². The van der Waals surface area contributed by atoms with Crippen molar-refractivity contribution >= 4 is 23.4 Å². The van der Waals surface area contributed by atoms with Crippen molar-refractivity contribution in [2.24, 2.45) is 0 Å². The van der Waals surface area contributed by atoms with Gasteiger partial charge in [0.05, 0.1) is 34.3 Å². The number of halogens is 6. The third-order valence-corrected chi connectivity index (χ3v) is 5.49. The number of carboxylic acid groups (broad SMARTS) is 2. The number of hydrogen-bond donors (Lipinski definition) is 4. The number of carbonyl (C=O) groups is 2. The molecule has 1 aliphatic rings. The Hall–Kier alpha value is -6.68. The van der Waals surface area contributed by atoms with Crippen LogP contribution in [0.2, 0.25) is 0 Å². The van der Waals surface area contributed by atoms with Crippen LogP contribution in [-0.4, -0.2) is 61.0 Å². The van der Waals surface area contributed by atoms with Crippen molar-refractivity contribution in [1.29, 1.82) is 15.8 Å². The fourth-order valence-electron chi connectivity index (χ4n) is 3.66. The Morgan fingerprint density at radius 1 is 0.913 bits per heavy atom. The van der Waals surface area contributed by atoms with Crippen molar-refractivity contribution in [2.75, 3.05) is 11.9 Å². The van der Waals surface area contributed by atoms with E-state index in [4.69, 9.17) is 34.8 Å². The van der Waals surface area contributed by atoms with Crippen molar-refractivity contribution in [1.82, 2.24) is 19.9 Å². The van der Waals surface area contributed by atoms with Crippen LogP contribution in [0.1, 0.15) is 11.1 Å². The van der Waals surface area contributed by atoms with Crippen molar-refractivity contribution in [3.63, 3.8) is 0 Å². The van der Waals surface area contributed by atoms with Crippen LogP contribution in [0.4, 0.5) is 37.8 Å². The van der Waals surface area contributed by atoms with Gasteiger partial charge in [-0.3, -0.25) is 4.98 Å². The highest BCUT2D eigenvalue weighted by molar-refractivity contribution is 5.95. The summed E-state index contributed by atoms with van der Waals surface area (Å²) in [6.45, 7) is -0.189. The number of alkyl halides is 6. The van der Waals surface area contributed by atoms with Crippen molar-refractivity contribution < 1.29 is 50.9 Å². The SMILES string of the molecule is N#CCOc1cc(C#N)c(-c2nc3c([nH]2)-c2ccncc2Nc2ncccc2-3)c(C#N)c1.O=C(O)C(F)(F)F.O=C(O)C(F)(F)F. The number of ether oxygens (including phenoxy) is 1. The number of aromatic nitrogens is 4. The molecule has 5 rings (SSSR count). The Morgan fingerprint density at radius 3 is 2.02 bits per heavy atom. The fraction of sp³-hybridized carbons (Fsp3) is 0.111. The number of rotatable bonds is 3. The Labute approximate surface area is 252 Å². The molecule has 0 saturated heterocycles. The summed E-state index contributed by atoms with van der Waals surface area (Å²) in [5.41, 5.74) is 4.49. The quantitative estimate of drug-likeness (QED) is 0.187. The summed E-state index contributed by atoms with van der Waals surface area (Å²) in [5, 5.41) is 45.8. The van der Waals surface area contributed by atoms with E-state index >= 15 is 0 Å². The zero-order valence-electron chi connectivity index (χ0n) is 22.4. The maximum atomic E-state index is 10.6. The molecule has 0 unspecified atom stereocenters. The molecule has 0 saturated carbocycles. The number of fused-ring (bicyclic) bond motifs is 5. The van der Waals surface area contributed by atoms with E-state index in [1.807, 2.05) is 24.3 Å². The molecule has 1 aromatic carbocycles. The molecule has 1 aliphatic heterocycles. The van der Waals surface area contributed by atoms with Gasteiger partial charge in [0.1, 0.15) is 41.3 Å². The number of aliphatic carboxylic acids is 2. The summed E-state index contributed by atoms with van der Waals surface area (Å²) in [4.78, 5) is 34.5. The number of nitriles is 3. The number of nitrogens with zero attached hydrogens (tertiary/aromatic N) is 6. The third-order valence-electron chi connectivity index (χ3n) is 5.49. The Kier molecular flexibility index (Phi) is 10.1. The van der Waals surface area contributed by atoms with E-state index in [1.54, 1.807) is 18.6 Å². The van der Waals surface area contributed by atoms with Gasteiger partial charge in [0.25, 0.3) is 0 Å².